The lowest BCUT2D eigenvalue weighted by molar-refractivity contribution is 0.414. The first kappa shape index (κ1) is 17.3. The number of nitrogens with two attached hydrogens (primary N) is 1. The monoisotopic (exact) mass is 291 g/mol. The van der Waals surface area contributed by atoms with Gasteiger partial charge in [0.05, 0.1) is 7.11 Å². The Morgan fingerprint density at radius 3 is 2.86 bits per heavy atom. The van der Waals surface area contributed by atoms with E-state index >= 15 is 0 Å². The average Bonchev–Trinajstić information content (AvgIpc) is 2.51. The van der Waals surface area contributed by atoms with Crippen molar-refractivity contribution in [1.29, 1.82) is 0 Å². The normalized spacial score (nSPS) is 11.4. The largest absolute Gasteiger partial charge is 0.497 e. The van der Waals surface area contributed by atoms with E-state index in [1.807, 2.05) is 12.1 Å². The second kappa shape index (κ2) is 11.0. The molecule has 1 aromatic rings. The van der Waals surface area contributed by atoms with E-state index < -0.39 is 0 Å². The number of hydrogen-bond acceptors (Lipinski definition) is 2. The third-order valence-corrected chi connectivity index (χ3v) is 3.38. The highest BCUT2D eigenvalue weighted by atomic mass is 16.5. The number of nitrogens with one attached hydrogen (secondary N) is 1. The van der Waals surface area contributed by atoms with Crippen LogP contribution in [0.5, 0.6) is 5.75 Å². The molecule has 0 aliphatic heterocycles. The van der Waals surface area contributed by atoms with E-state index in [0.717, 1.165) is 38.1 Å². The number of hydrogen-bond donors (Lipinski definition) is 2. The standard InChI is InChI=1S/C17H29N3O/c1-3-4-5-6-12-19-17(18)20-13-8-10-15-9-7-11-16(14-15)21-2/h7,9,11,14H,3-6,8,10,12-13H2,1-2H3,(H3,18,19,20). The van der Waals surface area contributed by atoms with Gasteiger partial charge in [-0.1, -0.05) is 38.3 Å². The summed E-state index contributed by atoms with van der Waals surface area (Å²) in [6.07, 6.45) is 6.95. The van der Waals surface area contributed by atoms with Crippen LogP contribution < -0.4 is 15.8 Å². The zero-order valence-electron chi connectivity index (χ0n) is 13.4. The average molecular weight is 291 g/mol. The number of unbranched alkanes of at least 4 members (excludes halogenated alkanes) is 3. The van der Waals surface area contributed by atoms with Crippen LogP contribution in [-0.4, -0.2) is 26.2 Å². The first-order valence-corrected chi connectivity index (χ1v) is 7.93. The van der Waals surface area contributed by atoms with Crippen molar-refractivity contribution < 1.29 is 4.74 Å². The highest BCUT2D eigenvalue weighted by molar-refractivity contribution is 5.77. The predicted molar refractivity (Wildman–Crippen MR) is 89.9 cm³/mol. The van der Waals surface area contributed by atoms with E-state index in [1.54, 1.807) is 7.11 Å². The van der Waals surface area contributed by atoms with Gasteiger partial charge < -0.3 is 15.8 Å². The maximum Gasteiger partial charge on any atom is 0.188 e. The lowest BCUT2D eigenvalue weighted by Gasteiger charge is -2.06. The Balaban J connectivity index is 2.15. The number of rotatable bonds is 10. The Hall–Kier alpha value is -1.71. The van der Waals surface area contributed by atoms with E-state index in [2.05, 4.69) is 29.4 Å². The number of aryl methyl sites for hydroxylation is 1. The number of methoxy groups -OCH3 is 1. The molecule has 0 aliphatic rings. The van der Waals surface area contributed by atoms with Crippen LogP contribution in [0.3, 0.4) is 0 Å². The lowest BCUT2D eigenvalue weighted by atomic mass is 10.1. The Morgan fingerprint density at radius 2 is 2.10 bits per heavy atom. The van der Waals surface area contributed by atoms with Crippen molar-refractivity contribution in [2.45, 2.75) is 45.4 Å². The van der Waals surface area contributed by atoms with Crippen molar-refractivity contribution in [3.8, 4) is 5.75 Å². The van der Waals surface area contributed by atoms with Gasteiger partial charge >= 0.3 is 0 Å². The van der Waals surface area contributed by atoms with Gasteiger partial charge in [0.25, 0.3) is 0 Å². The molecule has 4 heteroatoms. The van der Waals surface area contributed by atoms with E-state index in [-0.39, 0.29) is 0 Å². The fourth-order valence-electron chi connectivity index (χ4n) is 2.13. The first-order valence-electron chi connectivity index (χ1n) is 7.93. The Bertz CT molecular complexity index is 418. The van der Waals surface area contributed by atoms with Crippen LogP contribution in [0.15, 0.2) is 29.3 Å². The number of aliphatic imine (C=N–C) groups is 1. The molecule has 3 N–H and O–H groups in total. The minimum atomic E-state index is 0.567. The van der Waals surface area contributed by atoms with Gasteiger partial charge in [0.2, 0.25) is 0 Å². The summed E-state index contributed by atoms with van der Waals surface area (Å²) in [4.78, 5) is 4.35. The van der Waals surface area contributed by atoms with Gasteiger partial charge in [0, 0.05) is 13.1 Å². The maximum absolute atomic E-state index is 5.83. The summed E-state index contributed by atoms with van der Waals surface area (Å²) in [5.74, 6) is 1.47. The van der Waals surface area contributed by atoms with Gasteiger partial charge in [-0.05, 0) is 37.0 Å². The molecule has 0 saturated heterocycles. The molecule has 0 saturated carbocycles. The lowest BCUT2D eigenvalue weighted by Crippen LogP contribution is -2.32. The molecule has 0 aromatic heterocycles. The number of nitrogens with zero attached hydrogens (tertiary/aromatic N) is 1. The zero-order chi connectivity index (χ0) is 15.3. The molecule has 0 radical (unpaired) electrons. The fraction of sp³-hybridized carbons (Fsp3) is 0.588. The van der Waals surface area contributed by atoms with Crippen LogP contribution >= 0.6 is 0 Å². The zero-order valence-corrected chi connectivity index (χ0v) is 13.4. The van der Waals surface area contributed by atoms with Gasteiger partial charge in [-0.15, -0.1) is 0 Å². The third kappa shape index (κ3) is 8.23. The van der Waals surface area contributed by atoms with Gasteiger partial charge in [-0.3, -0.25) is 4.99 Å². The molecule has 0 fully saturated rings. The summed E-state index contributed by atoms with van der Waals surface area (Å²) in [5, 5.41) is 3.17. The summed E-state index contributed by atoms with van der Waals surface area (Å²) in [6.45, 7) is 3.89. The van der Waals surface area contributed by atoms with Gasteiger partial charge in [-0.2, -0.15) is 0 Å². The molecule has 21 heavy (non-hydrogen) atoms. The summed E-state index contributed by atoms with van der Waals surface area (Å²) >= 11 is 0. The quantitative estimate of drug-likeness (QED) is 0.395. The molecule has 0 atom stereocenters. The summed E-state index contributed by atoms with van der Waals surface area (Å²) in [5.41, 5.74) is 7.11. The molecule has 1 aromatic carbocycles. The Kier molecular flexibility index (Phi) is 9.09. The molecule has 0 amide bonds. The van der Waals surface area contributed by atoms with Gasteiger partial charge in [0.15, 0.2) is 5.96 Å². The van der Waals surface area contributed by atoms with Crippen LogP contribution in [0.4, 0.5) is 0 Å². The molecule has 118 valence electrons. The molecular weight excluding hydrogens is 262 g/mol. The van der Waals surface area contributed by atoms with Crippen LogP contribution in [0, 0.1) is 0 Å². The molecule has 0 unspecified atom stereocenters. The van der Waals surface area contributed by atoms with Crippen LogP contribution in [0.2, 0.25) is 0 Å². The topological polar surface area (TPSA) is 59.6 Å². The second-order valence-electron chi connectivity index (χ2n) is 5.21. The van der Waals surface area contributed by atoms with Crippen molar-refractivity contribution >= 4 is 5.96 Å². The third-order valence-electron chi connectivity index (χ3n) is 3.38. The minimum absolute atomic E-state index is 0.567. The van der Waals surface area contributed by atoms with Crippen LogP contribution in [0.1, 0.15) is 44.6 Å². The fourth-order valence-corrected chi connectivity index (χ4v) is 2.13. The van der Waals surface area contributed by atoms with Crippen molar-refractivity contribution in [2.75, 3.05) is 20.2 Å². The number of ether oxygens (including phenoxy) is 1. The van der Waals surface area contributed by atoms with E-state index in [9.17, 15) is 0 Å². The number of guanidine groups is 1. The Labute approximate surface area is 128 Å². The molecular formula is C17H29N3O. The summed E-state index contributed by atoms with van der Waals surface area (Å²) < 4.78 is 5.21. The highest BCUT2D eigenvalue weighted by Crippen LogP contribution is 2.13. The molecule has 0 spiro atoms. The number of benzene rings is 1. The highest BCUT2D eigenvalue weighted by Gasteiger charge is 1.96. The summed E-state index contributed by atoms with van der Waals surface area (Å²) in [6, 6.07) is 8.16. The van der Waals surface area contributed by atoms with Gasteiger partial charge in [-0.25, -0.2) is 0 Å². The molecule has 0 heterocycles. The van der Waals surface area contributed by atoms with Crippen LogP contribution in [-0.2, 0) is 6.42 Å². The van der Waals surface area contributed by atoms with Crippen molar-refractivity contribution in [2.24, 2.45) is 10.7 Å². The van der Waals surface area contributed by atoms with E-state index in [4.69, 9.17) is 10.5 Å². The summed E-state index contributed by atoms with van der Waals surface area (Å²) in [7, 11) is 1.69. The maximum atomic E-state index is 5.83. The minimum Gasteiger partial charge on any atom is -0.497 e. The van der Waals surface area contributed by atoms with E-state index in [0.29, 0.717) is 5.96 Å². The van der Waals surface area contributed by atoms with E-state index in [1.165, 1.54) is 24.8 Å². The molecule has 4 nitrogen and oxygen atoms in total. The molecule has 1 rings (SSSR count). The molecule has 0 bridgehead atoms. The predicted octanol–water partition coefficient (Wildman–Crippen LogP) is 3.11. The van der Waals surface area contributed by atoms with Crippen molar-refractivity contribution in [3.05, 3.63) is 29.8 Å². The smallest absolute Gasteiger partial charge is 0.188 e. The van der Waals surface area contributed by atoms with Crippen LogP contribution in [0.25, 0.3) is 0 Å². The first-order chi connectivity index (χ1) is 10.3. The second-order valence-corrected chi connectivity index (χ2v) is 5.21. The SMILES string of the molecule is CCCCCCNC(N)=NCCCc1cccc(OC)c1. The van der Waals surface area contributed by atoms with Gasteiger partial charge in [0.1, 0.15) is 5.75 Å². The van der Waals surface area contributed by atoms with Crippen molar-refractivity contribution in [1.82, 2.24) is 5.32 Å². The molecule has 0 aliphatic carbocycles. The van der Waals surface area contributed by atoms with Crippen molar-refractivity contribution in [3.63, 3.8) is 0 Å². The Morgan fingerprint density at radius 1 is 1.24 bits per heavy atom.